The van der Waals surface area contributed by atoms with Crippen LogP contribution in [-0.4, -0.2) is 35.2 Å². The quantitative estimate of drug-likeness (QED) is 0.596. The number of nitrogens with one attached hydrogen (secondary N) is 1. The number of fused-ring (bicyclic) bond motifs is 2. The van der Waals surface area contributed by atoms with Crippen LogP contribution in [0.1, 0.15) is 44.7 Å². The van der Waals surface area contributed by atoms with Crippen molar-refractivity contribution in [3.63, 3.8) is 0 Å². The van der Waals surface area contributed by atoms with Crippen LogP contribution in [0.2, 0.25) is 5.02 Å². The summed E-state index contributed by atoms with van der Waals surface area (Å²) in [5, 5.41) is 3.52. The molecule has 0 bridgehead atoms. The Labute approximate surface area is 203 Å². The summed E-state index contributed by atoms with van der Waals surface area (Å²) in [5.41, 5.74) is 3.53. The molecule has 6 nitrogen and oxygen atoms in total. The van der Waals surface area contributed by atoms with Gasteiger partial charge in [0.1, 0.15) is 6.04 Å². The number of benzene rings is 3. The summed E-state index contributed by atoms with van der Waals surface area (Å²) in [4.78, 5) is 42.5. The smallest absolute Gasteiger partial charge is 0.256 e. The number of rotatable bonds is 5. The Balaban J connectivity index is 1.33. The molecule has 0 radical (unpaired) electrons. The highest BCUT2D eigenvalue weighted by atomic mass is 35.5. The van der Waals surface area contributed by atoms with E-state index < -0.39 is 6.04 Å². The van der Waals surface area contributed by atoms with Gasteiger partial charge >= 0.3 is 0 Å². The first-order valence-corrected chi connectivity index (χ1v) is 11.7. The molecule has 0 saturated carbocycles. The van der Waals surface area contributed by atoms with E-state index in [-0.39, 0.29) is 17.7 Å². The molecule has 0 spiro atoms. The molecule has 34 heavy (non-hydrogen) atoms. The van der Waals surface area contributed by atoms with Crippen molar-refractivity contribution >= 4 is 35.0 Å². The van der Waals surface area contributed by atoms with Gasteiger partial charge in [-0.3, -0.25) is 14.4 Å². The van der Waals surface area contributed by atoms with Gasteiger partial charge in [-0.2, -0.15) is 0 Å². The van der Waals surface area contributed by atoms with Crippen molar-refractivity contribution in [2.24, 2.45) is 0 Å². The minimum absolute atomic E-state index is 0.0564. The average Bonchev–Trinajstić information content (AvgIpc) is 3.33. The summed E-state index contributed by atoms with van der Waals surface area (Å²) in [5.74, 6) is -0.324. The zero-order valence-corrected chi connectivity index (χ0v) is 19.3. The van der Waals surface area contributed by atoms with E-state index in [0.29, 0.717) is 47.9 Å². The number of hydrogen-bond acceptors (Lipinski definition) is 3. The molecule has 3 aromatic carbocycles. The summed E-state index contributed by atoms with van der Waals surface area (Å²) in [6.07, 6.45) is 1.51. The monoisotopic (exact) mass is 473 g/mol. The van der Waals surface area contributed by atoms with Gasteiger partial charge in [-0.1, -0.05) is 48.0 Å². The summed E-state index contributed by atoms with van der Waals surface area (Å²) >= 11 is 6.00. The number of nitrogens with zero attached hydrogens (tertiary/aromatic N) is 2. The lowest BCUT2D eigenvalue weighted by molar-refractivity contribution is -0.122. The molecule has 2 aliphatic rings. The maximum atomic E-state index is 13.4. The van der Waals surface area contributed by atoms with Crippen LogP contribution in [0.15, 0.2) is 72.8 Å². The molecule has 5 rings (SSSR count). The molecule has 1 fully saturated rings. The second-order valence-electron chi connectivity index (χ2n) is 8.61. The van der Waals surface area contributed by atoms with Gasteiger partial charge < -0.3 is 15.1 Å². The third-order valence-corrected chi connectivity index (χ3v) is 6.62. The van der Waals surface area contributed by atoms with E-state index in [0.717, 1.165) is 17.5 Å². The van der Waals surface area contributed by atoms with Gasteiger partial charge in [0.25, 0.3) is 11.8 Å². The fourth-order valence-electron chi connectivity index (χ4n) is 4.65. The Morgan fingerprint density at radius 2 is 1.76 bits per heavy atom. The van der Waals surface area contributed by atoms with E-state index in [1.807, 2.05) is 48.5 Å². The lowest BCUT2D eigenvalue weighted by atomic mass is 10.1. The van der Waals surface area contributed by atoms with Gasteiger partial charge in [0.15, 0.2) is 0 Å². The molecule has 1 atom stereocenters. The van der Waals surface area contributed by atoms with Gasteiger partial charge in [-0.25, -0.2) is 0 Å². The van der Waals surface area contributed by atoms with Crippen LogP contribution in [0.5, 0.6) is 0 Å². The van der Waals surface area contributed by atoms with Crippen molar-refractivity contribution in [2.45, 2.75) is 32.0 Å². The number of carbonyl (C=O) groups excluding carboxylic acids is 3. The van der Waals surface area contributed by atoms with Crippen molar-refractivity contribution in [3.05, 3.63) is 100 Å². The molecule has 0 unspecified atom stereocenters. The fraction of sp³-hybridized carbons (Fsp3) is 0.222. The summed E-state index contributed by atoms with van der Waals surface area (Å²) in [6.45, 7) is 1.32. The lowest BCUT2D eigenvalue weighted by Gasteiger charge is -2.26. The summed E-state index contributed by atoms with van der Waals surface area (Å²) in [7, 11) is 0. The Kier molecular flexibility index (Phi) is 6.07. The normalized spacial score (nSPS) is 17.3. The topological polar surface area (TPSA) is 69.7 Å². The van der Waals surface area contributed by atoms with Crippen LogP contribution >= 0.6 is 11.6 Å². The van der Waals surface area contributed by atoms with Crippen LogP contribution in [0.25, 0.3) is 0 Å². The summed E-state index contributed by atoms with van der Waals surface area (Å²) in [6, 6.07) is 21.4. The van der Waals surface area contributed by atoms with Crippen LogP contribution in [0.4, 0.5) is 5.69 Å². The largest absolute Gasteiger partial charge is 0.348 e. The van der Waals surface area contributed by atoms with Gasteiger partial charge in [0, 0.05) is 23.7 Å². The number of anilines is 1. The Hall–Kier alpha value is -3.64. The third kappa shape index (κ3) is 4.29. The van der Waals surface area contributed by atoms with E-state index in [1.165, 1.54) is 0 Å². The van der Waals surface area contributed by atoms with E-state index >= 15 is 0 Å². The molecule has 3 aromatic rings. The van der Waals surface area contributed by atoms with Gasteiger partial charge in [0.2, 0.25) is 5.91 Å². The minimum atomic E-state index is -0.420. The maximum Gasteiger partial charge on any atom is 0.256 e. The lowest BCUT2D eigenvalue weighted by Crippen LogP contribution is -2.44. The molecule has 1 saturated heterocycles. The van der Waals surface area contributed by atoms with E-state index in [1.54, 1.807) is 34.1 Å². The first-order valence-electron chi connectivity index (χ1n) is 11.3. The zero-order chi connectivity index (χ0) is 23.7. The number of para-hydroxylation sites is 1. The van der Waals surface area contributed by atoms with Gasteiger partial charge in [0.05, 0.1) is 17.8 Å². The first-order chi connectivity index (χ1) is 16.5. The SMILES string of the molecule is O=C(NCc1cccc(Cl)c1)c1ccc(CN2C(=O)[C@@H]3CCCN3C(=O)c3ccccc32)cc1. The van der Waals surface area contributed by atoms with Crippen LogP contribution in [-0.2, 0) is 17.9 Å². The molecule has 2 heterocycles. The second-order valence-corrected chi connectivity index (χ2v) is 9.04. The van der Waals surface area contributed by atoms with Crippen molar-refractivity contribution in [2.75, 3.05) is 11.4 Å². The second kappa shape index (κ2) is 9.31. The molecule has 172 valence electrons. The number of amides is 3. The van der Waals surface area contributed by atoms with Crippen molar-refractivity contribution in [1.29, 1.82) is 0 Å². The van der Waals surface area contributed by atoms with E-state index in [9.17, 15) is 14.4 Å². The van der Waals surface area contributed by atoms with Crippen LogP contribution in [0.3, 0.4) is 0 Å². The number of hydrogen-bond donors (Lipinski definition) is 1. The zero-order valence-electron chi connectivity index (χ0n) is 18.5. The van der Waals surface area contributed by atoms with Crippen molar-refractivity contribution in [3.8, 4) is 0 Å². The standard InChI is InChI=1S/C27H24ClN3O3/c28-21-6-3-5-19(15-21)16-29-25(32)20-12-10-18(11-13-20)17-31-23-8-2-1-7-22(23)26(33)30-14-4-9-24(30)27(31)34/h1-3,5-8,10-13,15,24H,4,9,14,16-17H2,(H,29,32)/t24-/m0/s1. The fourth-order valence-corrected chi connectivity index (χ4v) is 4.86. The third-order valence-electron chi connectivity index (χ3n) is 6.39. The Bertz CT molecular complexity index is 1260. The predicted octanol–water partition coefficient (Wildman–Crippen LogP) is 4.42. The van der Waals surface area contributed by atoms with Crippen LogP contribution < -0.4 is 10.2 Å². The summed E-state index contributed by atoms with van der Waals surface area (Å²) < 4.78 is 0. The first kappa shape index (κ1) is 22.2. The van der Waals surface area contributed by atoms with Gasteiger partial charge in [-0.05, 0) is 60.4 Å². The molecule has 0 aliphatic carbocycles. The highest BCUT2D eigenvalue weighted by molar-refractivity contribution is 6.30. The number of halogens is 1. The minimum Gasteiger partial charge on any atom is -0.348 e. The molecular weight excluding hydrogens is 450 g/mol. The molecule has 7 heteroatoms. The highest BCUT2D eigenvalue weighted by Gasteiger charge is 2.41. The van der Waals surface area contributed by atoms with E-state index in [2.05, 4.69) is 5.32 Å². The maximum absolute atomic E-state index is 13.4. The highest BCUT2D eigenvalue weighted by Crippen LogP contribution is 2.33. The predicted molar refractivity (Wildman–Crippen MR) is 131 cm³/mol. The van der Waals surface area contributed by atoms with Crippen molar-refractivity contribution in [1.82, 2.24) is 10.2 Å². The molecular formula is C27H24ClN3O3. The average molecular weight is 474 g/mol. The number of carbonyl (C=O) groups is 3. The van der Waals surface area contributed by atoms with Crippen molar-refractivity contribution < 1.29 is 14.4 Å². The molecule has 3 amide bonds. The molecule has 2 aliphatic heterocycles. The van der Waals surface area contributed by atoms with Crippen LogP contribution in [0, 0.1) is 0 Å². The Morgan fingerprint density at radius 1 is 0.971 bits per heavy atom. The molecule has 0 aromatic heterocycles. The Morgan fingerprint density at radius 3 is 2.56 bits per heavy atom. The van der Waals surface area contributed by atoms with E-state index in [4.69, 9.17) is 11.6 Å². The van der Waals surface area contributed by atoms with Gasteiger partial charge in [-0.15, -0.1) is 0 Å². The molecule has 1 N–H and O–H groups in total.